The van der Waals surface area contributed by atoms with Crippen molar-refractivity contribution in [1.82, 2.24) is 24.9 Å². The van der Waals surface area contributed by atoms with Crippen LogP contribution in [0.1, 0.15) is 57.0 Å². The van der Waals surface area contributed by atoms with Crippen molar-refractivity contribution in [1.29, 1.82) is 0 Å². The fourth-order valence-corrected chi connectivity index (χ4v) is 17.5. The first-order valence-electron chi connectivity index (χ1n) is 41.6. The molecule has 1 aliphatic rings. The monoisotopic (exact) mass is 1550 g/mol. The Morgan fingerprint density at radius 1 is 0.240 bits per heavy atom. The van der Waals surface area contributed by atoms with E-state index in [0.29, 0.717) is 0 Å². The van der Waals surface area contributed by atoms with Crippen molar-refractivity contribution in [2.24, 2.45) is 0 Å². The third kappa shape index (κ3) is 14.7. The van der Waals surface area contributed by atoms with Crippen molar-refractivity contribution in [2.75, 3.05) is 0 Å². The Labute approximate surface area is 705 Å². The highest BCUT2D eigenvalue weighted by Crippen LogP contribution is 2.53. The highest BCUT2D eigenvalue weighted by atomic mass is 16.3. The van der Waals surface area contributed by atoms with Crippen LogP contribution in [0.3, 0.4) is 0 Å². The van der Waals surface area contributed by atoms with Gasteiger partial charge >= 0.3 is 0 Å². The number of nitrogens with zero attached hydrogens (tertiary/aromatic N) is 5. The smallest absolute Gasteiger partial charge is 0.160 e. The fraction of sp³-hybridized carbons (Fsp3) is 0.0696. The third-order valence-electron chi connectivity index (χ3n) is 23.9. The average molecular weight is 1550 g/mol. The van der Waals surface area contributed by atoms with E-state index in [2.05, 4.69) is 373 Å². The van der Waals surface area contributed by atoms with Crippen LogP contribution in [0.15, 0.2) is 411 Å². The maximum absolute atomic E-state index is 6.66. The molecule has 0 aliphatic heterocycles. The van der Waals surface area contributed by atoms with Crippen LogP contribution in [0.2, 0.25) is 0 Å². The molecule has 0 unspecified atom stereocenters. The lowest BCUT2D eigenvalue weighted by molar-refractivity contribution is 0.590. The zero-order valence-corrected chi connectivity index (χ0v) is 68.3. The van der Waals surface area contributed by atoms with E-state index in [1.165, 1.54) is 98.7 Å². The molecule has 22 rings (SSSR count). The third-order valence-corrected chi connectivity index (χ3v) is 23.9. The van der Waals surface area contributed by atoms with Crippen LogP contribution >= 0.6 is 0 Å². The van der Waals surface area contributed by atoms with Crippen molar-refractivity contribution < 1.29 is 4.42 Å². The van der Waals surface area contributed by atoms with Gasteiger partial charge in [-0.05, 0) is 183 Å². The topological polar surface area (TPSA) is 77.6 Å². The summed E-state index contributed by atoms with van der Waals surface area (Å²) in [6.07, 6.45) is 0. The molecule has 0 spiro atoms. The van der Waals surface area contributed by atoms with Crippen LogP contribution in [0, 0.1) is 6.92 Å². The van der Waals surface area contributed by atoms with Gasteiger partial charge in [-0.3, -0.25) is 0 Å². The van der Waals surface area contributed by atoms with Gasteiger partial charge in [0.25, 0.3) is 0 Å². The molecule has 576 valence electrons. The largest absolute Gasteiger partial charge is 0.455 e. The lowest BCUT2D eigenvalue weighted by Crippen LogP contribution is -2.14. The summed E-state index contributed by atoms with van der Waals surface area (Å²) in [4.78, 5) is 24.7. The Morgan fingerprint density at radius 3 is 1.25 bits per heavy atom. The van der Waals surface area contributed by atoms with Crippen molar-refractivity contribution in [2.45, 2.75) is 52.4 Å². The van der Waals surface area contributed by atoms with Gasteiger partial charge in [-0.1, -0.05) is 380 Å². The van der Waals surface area contributed by atoms with Gasteiger partial charge in [-0.2, -0.15) is 0 Å². The van der Waals surface area contributed by atoms with Crippen LogP contribution < -0.4 is 0 Å². The molecular formula is C115H85N5O. The summed E-state index contributed by atoms with van der Waals surface area (Å²) >= 11 is 0. The number of hydrogen-bond acceptors (Lipinski definition) is 6. The molecule has 0 N–H and O–H groups in total. The Bertz CT molecular complexity index is 7400. The lowest BCUT2D eigenvalue weighted by atomic mass is 9.82. The Kier molecular flexibility index (Phi) is 19.4. The first kappa shape index (κ1) is 74.7. The summed E-state index contributed by atoms with van der Waals surface area (Å²) in [5, 5.41) is 12.5. The van der Waals surface area contributed by atoms with E-state index in [0.717, 1.165) is 123 Å². The maximum Gasteiger partial charge on any atom is 0.160 e. The number of rotatable bonds is 11. The maximum atomic E-state index is 6.66. The second-order valence-electron chi connectivity index (χ2n) is 33.1. The van der Waals surface area contributed by atoms with E-state index in [4.69, 9.17) is 24.4 Å². The van der Waals surface area contributed by atoms with Gasteiger partial charge in [0.2, 0.25) is 0 Å². The van der Waals surface area contributed by atoms with E-state index >= 15 is 0 Å². The predicted octanol–water partition coefficient (Wildman–Crippen LogP) is 30.8. The zero-order chi connectivity index (χ0) is 81.7. The molecule has 21 aromatic rings. The van der Waals surface area contributed by atoms with Crippen LogP contribution in [0.4, 0.5) is 0 Å². The lowest BCUT2D eigenvalue weighted by Gasteiger charge is -2.21. The van der Waals surface area contributed by atoms with Gasteiger partial charge in [-0.25, -0.2) is 24.9 Å². The van der Waals surface area contributed by atoms with Gasteiger partial charge in [0, 0.05) is 66.4 Å². The van der Waals surface area contributed by atoms with E-state index in [1.54, 1.807) is 0 Å². The molecule has 121 heavy (non-hydrogen) atoms. The van der Waals surface area contributed by atoms with Crippen LogP contribution in [-0.4, -0.2) is 24.9 Å². The minimum atomic E-state index is -0.0648. The summed E-state index contributed by atoms with van der Waals surface area (Å²) < 4.78 is 6.66. The molecule has 1 aliphatic carbocycles. The SMILES string of the molecule is CC1(C)c2ccccc2-c2c1ccc1c2oc2ccc(-c3cccc(-c4cc(-c5ccccc5)cc(-c5ccc6ccccc6c5)n4)c3)cc21.Cc1cc(-c2cccc(-c3ccc(C(C)(C)C)cc3)c2)nc(-c2ccccc2)n1.c1ccc(-c2cc(-c3ccc(-c4ccc5c6ccccc6c6ccccc6c5c4)cc3)nc(-c3ccccc3)n2)cc1. The van der Waals surface area contributed by atoms with E-state index in [9.17, 15) is 0 Å². The summed E-state index contributed by atoms with van der Waals surface area (Å²) in [6, 6.07) is 144. The normalized spacial score (nSPS) is 12.1. The Hall–Kier alpha value is -15.1. The predicted molar refractivity (Wildman–Crippen MR) is 506 cm³/mol. The molecular weight excluding hydrogens is 1470 g/mol. The number of aromatic nitrogens is 5. The standard InChI is InChI=1S/C48H33NO.C40H26N2.C27H26N2/c1-48(2)41-18-9-8-17-39(41)46-42(48)23-22-38-40-27-34(21-24-45(40)50-47(38)46)33-15-10-16-35(26-33)43-28-37(30-11-4-3-5-12-30)29-44(49-43)36-20-19-31-13-6-7-14-32(31)25-36;1-3-11-28(12-4-1)38-26-39(42-40(41-38)30-13-5-2-6-14-30)29-21-19-27(20-22-29)31-23-24-36-34-17-8-7-15-32(34)33-16-9-10-18-35(33)37(36)25-31;1-19-17-25(29-26(28-19)21-9-6-5-7-10-21)23-12-8-11-22(18-23)20-13-15-24(16-14-20)27(2,3)4/h3-29H,1-2H3;1-26H;5-18H,1-4H3. The van der Waals surface area contributed by atoms with Crippen molar-refractivity contribution in [3.05, 3.63) is 429 Å². The summed E-state index contributed by atoms with van der Waals surface area (Å²) in [6.45, 7) is 13.4. The number of pyridine rings is 1. The summed E-state index contributed by atoms with van der Waals surface area (Å²) in [5.74, 6) is 1.49. The number of fused-ring (bicyclic) bond motifs is 14. The van der Waals surface area contributed by atoms with Gasteiger partial charge in [0.1, 0.15) is 11.2 Å². The molecule has 0 amide bonds. The zero-order valence-electron chi connectivity index (χ0n) is 68.3. The molecule has 6 nitrogen and oxygen atoms in total. The molecule has 0 fully saturated rings. The molecule has 17 aromatic carbocycles. The number of benzene rings is 17. The van der Waals surface area contributed by atoms with Crippen molar-refractivity contribution in [3.63, 3.8) is 0 Å². The molecule has 0 bridgehead atoms. The van der Waals surface area contributed by atoms with Crippen LogP contribution in [0.5, 0.6) is 0 Å². The van der Waals surface area contributed by atoms with Crippen molar-refractivity contribution >= 4 is 65.0 Å². The van der Waals surface area contributed by atoms with Gasteiger partial charge in [-0.15, -0.1) is 0 Å². The average Bonchev–Trinajstić information content (AvgIpc) is 1.56. The fourth-order valence-electron chi connectivity index (χ4n) is 17.5. The van der Waals surface area contributed by atoms with E-state index in [-0.39, 0.29) is 10.8 Å². The number of furan rings is 1. The van der Waals surface area contributed by atoms with Crippen LogP contribution in [-0.2, 0) is 10.8 Å². The minimum absolute atomic E-state index is 0.0648. The number of hydrogen-bond donors (Lipinski definition) is 0. The first-order chi connectivity index (χ1) is 59.2. The second kappa shape index (κ2) is 31.4. The quantitative estimate of drug-likeness (QED) is 0.120. The summed E-state index contributed by atoms with van der Waals surface area (Å²) in [7, 11) is 0. The van der Waals surface area contributed by atoms with E-state index < -0.39 is 0 Å². The summed E-state index contributed by atoms with van der Waals surface area (Å²) in [5.41, 5.74) is 31.0. The molecule has 4 heterocycles. The second-order valence-corrected chi connectivity index (χ2v) is 33.1. The Morgan fingerprint density at radius 2 is 0.636 bits per heavy atom. The minimum Gasteiger partial charge on any atom is -0.455 e. The molecule has 6 heteroatoms. The van der Waals surface area contributed by atoms with Gasteiger partial charge < -0.3 is 4.42 Å². The van der Waals surface area contributed by atoms with Gasteiger partial charge in [0.15, 0.2) is 11.6 Å². The highest BCUT2D eigenvalue weighted by Gasteiger charge is 2.37. The molecule has 4 aromatic heterocycles. The highest BCUT2D eigenvalue weighted by molar-refractivity contribution is 6.26. The molecule has 0 radical (unpaired) electrons. The Balaban J connectivity index is 0.000000120. The molecule has 0 saturated heterocycles. The van der Waals surface area contributed by atoms with Crippen molar-refractivity contribution in [3.8, 4) is 135 Å². The molecule has 0 saturated carbocycles. The number of aryl methyl sites for hydroxylation is 1. The van der Waals surface area contributed by atoms with E-state index in [1.807, 2.05) is 79.7 Å². The first-order valence-corrected chi connectivity index (χ1v) is 41.6. The van der Waals surface area contributed by atoms with Gasteiger partial charge in [0.05, 0.1) is 28.5 Å². The van der Waals surface area contributed by atoms with Crippen LogP contribution in [0.25, 0.3) is 200 Å². The molecule has 0 atom stereocenters.